The number of hydrogen-bond donors (Lipinski definition) is 0. The SMILES string of the molecule is CCCOc1nc(Cl)nc(N2CCCC2(C)C)n1. The summed E-state index contributed by atoms with van der Waals surface area (Å²) in [6, 6.07) is 0.314. The highest BCUT2D eigenvalue weighted by molar-refractivity contribution is 6.28. The van der Waals surface area contributed by atoms with E-state index in [1.54, 1.807) is 0 Å². The van der Waals surface area contributed by atoms with E-state index in [1.807, 2.05) is 6.92 Å². The molecule has 2 heterocycles. The molecule has 0 N–H and O–H groups in total. The zero-order valence-corrected chi connectivity index (χ0v) is 11.9. The van der Waals surface area contributed by atoms with Crippen LogP contribution in [0.5, 0.6) is 6.01 Å². The molecule has 1 aromatic rings. The van der Waals surface area contributed by atoms with Crippen LogP contribution in [0.2, 0.25) is 5.28 Å². The van der Waals surface area contributed by atoms with E-state index in [0.717, 1.165) is 25.8 Å². The molecular weight excluding hydrogens is 252 g/mol. The second kappa shape index (κ2) is 5.26. The molecule has 0 spiro atoms. The minimum absolute atomic E-state index is 0.0622. The average molecular weight is 271 g/mol. The van der Waals surface area contributed by atoms with Crippen molar-refractivity contribution in [3.8, 4) is 6.01 Å². The van der Waals surface area contributed by atoms with E-state index in [4.69, 9.17) is 16.3 Å². The summed E-state index contributed by atoms with van der Waals surface area (Å²) in [5.74, 6) is 0.614. The Kier molecular flexibility index (Phi) is 3.90. The van der Waals surface area contributed by atoms with Crippen molar-refractivity contribution < 1.29 is 4.74 Å². The van der Waals surface area contributed by atoms with Gasteiger partial charge in [-0.3, -0.25) is 0 Å². The Bertz CT molecular complexity index is 425. The first-order valence-electron chi connectivity index (χ1n) is 6.35. The van der Waals surface area contributed by atoms with E-state index in [9.17, 15) is 0 Å². The van der Waals surface area contributed by atoms with E-state index in [0.29, 0.717) is 18.6 Å². The van der Waals surface area contributed by atoms with Crippen LogP contribution >= 0.6 is 11.6 Å². The Hall–Kier alpha value is -1.10. The maximum Gasteiger partial charge on any atom is 0.322 e. The monoisotopic (exact) mass is 270 g/mol. The Labute approximate surface area is 113 Å². The van der Waals surface area contributed by atoms with E-state index in [-0.39, 0.29) is 10.8 Å². The highest BCUT2D eigenvalue weighted by Gasteiger charge is 2.34. The van der Waals surface area contributed by atoms with Gasteiger partial charge in [-0.1, -0.05) is 6.92 Å². The van der Waals surface area contributed by atoms with Crippen molar-refractivity contribution >= 4 is 17.5 Å². The molecule has 0 bridgehead atoms. The van der Waals surface area contributed by atoms with Crippen molar-refractivity contribution in [2.24, 2.45) is 0 Å². The van der Waals surface area contributed by atoms with Gasteiger partial charge >= 0.3 is 6.01 Å². The summed E-state index contributed by atoms with van der Waals surface area (Å²) >= 11 is 5.93. The highest BCUT2D eigenvalue weighted by atomic mass is 35.5. The quantitative estimate of drug-likeness (QED) is 0.842. The molecular formula is C12H19ClN4O. The molecule has 18 heavy (non-hydrogen) atoms. The predicted octanol–water partition coefficient (Wildman–Crippen LogP) is 2.69. The van der Waals surface area contributed by atoms with Gasteiger partial charge in [-0.15, -0.1) is 0 Å². The zero-order chi connectivity index (χ0) is 13.2. The largest absolute Gasteiger partial charge is 0.463 e. The zero-order valence-electron chi connectivity index (χ0n) is 11.1. The molecule has 0 saturated carbocycles. The minimum atomic E-state index is 0.0622. The number of nitrogens with zero attached hydrogens (tertiary/aromatic N) is 4. The van der Waals surface area contributed by atoms with E-state index in [2.05, 4.69) is 33.7 Å². The number of rotatable bonds is 4. The van der Waals surface area contributed by atoms with Crippen LogP contribution in [0.1, 0.15) is 40.0 Å². The van der Waals surface area contributed by atoms with Crippen molar-refractivity contribution in [2.75, 3.05) is 18.1 Å². The Balaban J connectivity index is 2.24. The second-order valence-corrected chi connectivity index (χ2v) is 5.44. The summed E-state index contributed by atoms with van der Waals surface area (Å²) in [7, 11) is 0. The highest BCUT2D eigenvalue weighted by Crippen LogP contribution is 2.32. The standard InChI is InChI=1S/C12H19ClN4O/c1-4-8-18-11-15-9(13)14-10(16-11)17-7-5-6-12(17,2)3/h4-8H2,1-3H3. The number of hydrogen-bond acceptors (Lipinski definition) is 5. The van der Waals surface area contributed by atoms with Gasteiger partial charge in [-0.05, 0) is 44.7 Å². The van der Waals surface area contributed by atoms with Crippen molar-refractivity contribution in [1.29, 1.82) is 0 Å². The fraction of sp³-hybridized carbons (Fsp3) is 0.750. The van der Waals surface area contributed by atoms with Gasteiger partial charge in [0.1, 0.15) is 0 Å². The van der Waals surface area contributed by atoms with Crippen LogP contribution in [0.4, 0.5) is 5.95 Å². The summed E-state index contributed by atoms with van der Waals surface area (Å²) in [6.07, 6.45) is 3.18. The summed E-state index contributed by atoms with van der Waals surface area (Å²) in [5, 5.41) is 0.189. The third-order valence-corrected chi connectivity index (χ3v) is 3.32. The van der Waals surface area contributed by atoms with Gasteiger partial charge in [-0.25, -0.2) is 0 Å². The molecule has 1 aliphatic rings. The Morgan fingerprint density at radius 2 is 2.11 bits per heavy atom. The first kappa shape index (κ1) is 13.3. The van der Waals surface area contributed by atoms with Crippen molar-refractivity contribution in [1.82, 2.24) is 15.0 Å². The van der Waals surface area contributed by atoms with Crippen LogP contribution in [0, 0.1) is 0 Å². The van der Waals surface area contributed by atoms with Crippen molar-refractivity contribution in [3.63, 3.8) is 0 Å². The topological polar surface area (TPSA) is 51.1 Å². The van der Waals surface area contributed by atoms with Crippen LogP contribution in [0.3, 0.4) is 0 Å². The van der Waals surface area contributed by atoms with Crippen LogP contribution in [0.25, 0.3) is 0 Å². The second-order valence-electron chi connectivity index (χ2n) is 5.10. The summed E-state index contributed by atoms with van der Waals surface area (Å²) in [4.78, 5) is 14.7. The maximum absolute atomic E-state index is 5.93. The number of halogens is 1. The molecule has 1 fully saturated rings. The number of aromatic nitrogens is 3. The molecule has 0 amide bonds. The van der Waals surface area contributed by atoms with Crippen LogP contribution in [0.15, 0.2) is 0 Å². The van der Waals surface area contributed by atoms with Gasteiger partial charge < -0.3 is 9.64 Å². The first-order chi connectivity index (χ1) is 8.53. The van der Waals surface area contributed by atoms with E-state index in [1.165, 1.54) is 0 Å². The lowest BCUT2D eigenvalue weighted by Gasteiger charge is -2.31. The van der Waals surface area contributed by atoms with Gasteiger partial charge in [0.15, 0.2) is 0 Å². The summed E-state index contributed by atoms with van der Waals surface area (Å²) in [5.41, 5.74) is 0.0622. The molecule has 0 unspecified atom stereocenters. The molecule has 0 aromatic carbocycles. The van der Waals surface area contributed by atoms with Crippen LogP contribution in [-0.4, -0.2) is 33.6 Å². The molecule has 1 saturated heterocycles. The molecule has 2 rings (SSSR count). The Morgan fingerprint density at radius 1 is 1.33 bits per heavy atom. The Morgan fingerprint density at radius 3 is 2.72 bits per heavy atom. The molecule has 1 aromatic heterocycles. The van der Waals surface area contributed by atoms with E-state index >= 15 is 0 Å². The maximum atomic E-state index is 5.93. The molecule has 1 aliphatic heterocycles. The smallest absolute Gasteiger partial charge is 0.322 e. The fourth-order valence-corrected chi connectivity index (χ4v) is 2.33. The fourth-order valence-electron chi connectivity index (χ4n) is 2.18. The lowest BCUT2D eigenvalue weighted by molar-refractivity contribution is 0.291. The van der Waals surface area contributed by atoms with Gasteiger partial charge in [0.25, 0.3) is 0 Å². The van der Waals surface area contributed by atoms with Crippen LogP contribution in [-0.2, 0) is 0 Å². The van der Waals surface area contributed by atoms with Gasteiger partial charge in [0.05, 0.1) is 6.61 Å². The van der Waals surface area contributed by atoms with Crippen molar-refractivity contribution in [2.45, 2.75) is 45.6 Å². The van der Waals surface area contributed by atoms with Gasteiger partial charge in [-0.2, -0.15) is 15.0 Å². The molecule has 0 radical (unpaired) electrons. The molecule has 5 nitrogen and oxygen atoms in total. The molecule has 6 heteroatoms. The average Bonchev–Trinajstić information content (AvgIpc) is 2.65. The van der Waals surface area contributed by atoms with Crippen LogP contribution < -0.4 is 9.64 Å². The summed E-state index contributed by atoms with van der Waals surface area (Å²) in [6.45, 7) is 7.94. The first-order valence-corrected chi connectivity index (χ1v) is 6.73. The number of ether oxygens (including phenoxy) is 1. The normalized spacial score (nSPS) is 18.1. The van der Waals surface area contributed by atoms with Gasteiger partial charge in [0.2, 0.25) is 11.2 Å². The minimum Gasteiger partial charge on any atom is -0.463 e. The molecule has 100 valence electrons. The number of anilines is 1. The van der Waals surface area contributed by atoms with Gasteiger partial charge in [0, 0.05) is 12.1 Å². The third-order valence-electron chi connectivity index (χ3n) is 3.15. The molecule has 0 aliphatic carbocycles. The summed E-state index contributed by atoms with van der Waals surface area (Å²) < 4.78 is 5.43. The van der Waals surface area contributed by atoms with Crippen molar-refractivity contribution in [3.05, 3.63) is 5.28 Å². The lowest BCUT2D eigenvalue weighted by atomic mass is 10.0. The van der Waals surface area contributed by atoms with E-state index < -0.39 is 0 Å². The predicted molar refractivity (Wildman–Crippen MR) is 71.3 cm³/mol. The lowest BCUT2D eigenvalue weighted by Crippen LogP contribution is -2.39. The molecule has 0 atom stereocenters. The third kappa shape index (κ3) is 2.83.